The Balaban J connectivity index is 1.81. The molecular weight excluding hydrogens is 254 g/mol. The third-order valence-electron chi connectivity index (χ3n) is 4.97. The van der Waals surface area contributed by atoms with Gasteiger partial charge in [-0.1, -0.05) is 0 Å². The summed E-state index contributed by atoms with van der Waals surface area (Å²) in [4.78, 5) is 2.61. The highest BCUT2D eigenvalue weighted by Crippen LogP contribution is 2.33. The standard InChI is InChI=1S/C16H31NO3/c1-3-19-16(20-4-2)9-11-17(12-10-16)15-7-5-14(13-18)6-8-15/h14-15,18H,3-13H2,1-2H3. The molecule has 20 heavy (non-hydrogen) atoms. The molecule has 0 unspecified atom stereocenters. The minimum atomic E-state index is -0.331. The fourth-order valence-electron chi connectivity index (χ4n) is 3.78. The summed E-state index contributed by atoms with van der Waals surface area (Å²) in [6.45, 7) is 8.06. The second-order valence-electron chi connectivity index (χ2n) is 6.17. The maximum atomic E-state index is 9.23. The summed E-state index contributed by atoms with van der Waals surface area (Å²) in [5, 5.41) is 9.23. The number of piperidine rings is 1. The van der Waals surface area contributed by atoms with E-state index in [1.165, 1.54) is 25.7 Å². The molecule has 1 N–H and O–H groups in total. The van der Waals surface area contributed by atoms with Gasteiger partial charge >= 0.3 is 0 Å². The Bertz CT molecular complexity index is 261. The molecule has 0 bridgehead atoms. The zero-order valence-electron chi connectivity index (χ0n) is 13.1. The summed E-state index contributed by atoms with van der Waals surface area (Å²) >= 11 is 0. The summed E-state index contributed by atoms with van der Waals surface area (Å²) in [6, 6.07) is 0.707. The van der Waals surface area contributed by atoms with E-state index in [2.05, 4.69) is 4.90 Å². The highest BCUT2D eigenvalue weighted by molar-refractivity contribution is 4.86. The molecule has 2 fully saturated rings. The molecule has 1 aliphatic carbocycles. The van der Waals surface area contributed by atoms with Crippen molar-refractivity contribution in [1.82, 2.24) is 4.90 Å². The van der Waals surface area contributed by atoms with E-state index in [9.17, 15) is 5.11 Å². The zero-order valence-corrected chi connectivity index (χ0v) is 13.1. The molecule has 0 aromatic heterocycles. The lowest BCUT2D eigenvalue weighted by Crippen LogP contribution is -2.51. The first-order chi connectivity index (χ1) is 9.73. The summed E-state index contributed by atoms with van der Waals surface area (Å²) in [5.41, 5.74) is 0. The van der Waals surface area contributed by atoms with Gasteiger partial charge in [0, 0.05) is 51.8 Å². The van der Waals surface area contributed by atoms with E-state index >= 15 is 0 Å². The molecule has 118 valence electrons. The zero-order chi connectivity index (χ0) is 14.4. The molecule has 0 radical (unpaired) electrons. The Morgan fingerprint density at radius 2 is 1.55 bits per heavy atom. The average Bonchev–Trinajstić information content (AvgIpc) is 2.49. The van der Waals surface area contributed by atoms with E-state index in [4.69, 9.17) is 9.47 Å². The summed E-state index contributed by atoms with van der Waals surface area (Å²) < 4.78 is 11.8. The molecule has 0 atom stereocenters. The van der Waals surface area contributed by atoms with Crippen molar-refractivity contribution in [2.45, 2.75) is 64.2 Å². The molecule has 1 heterocycles. The third kappa shape index (κ3) is 3.94. The van der Waals surface area contributed by atoms with E-state index in [0.717, 1.165) is 39.1 Å². The molecule has 1 aliphatic heterocycles. The number of likely N-dealkylation sites (tertiary alicyclic amines) is 1. The summed E-state index contributed by atoms with van der Waals surface area (Å²) in [6.07, 6.45) is 6.80. The average molecular weight is 285 g/mol. The first kappa shape index (κ1) is 16.2. The van der Waals surface area contributed by atoms with Gasteiger partial charge in [0.25, 0.3) is 0 Å². The highest BCUT2D eigenvalue weighted by Gasteiger charge is 2.38. The van der Waals surface area contributed by atoms with Crippen LogP contribution < -0.4 is 0 Å². The topological polar surface area (TPSA) is 41.9 Å². The van der Waals surface area contributed by atoms with Gasteiger partial charge in [0.2, 0.25) is 0 Å². The molecule has 0 aromatic rings. The van der Waals surface area contributed by atoms with Crippen LogP contribution in [-0.4, -0.2) is 54.7 Å². The number of ether oxygens (including phenoxy) is 2. The largest absolute Gasteiger partial charge is 0.396 e. The lowest BCUT2D eigenvalue weighted by Gasteiger charge is -2.45. The SMILES string of the molecule is CCOC1(OCC)CCN(C2CCC(CO)CC2)CC1. The predicted octanol–water partition coefficient (Wildman–Crippen LogP) is 2.40. The van der Waals surface area contributed by atoms with Crippen LogP contribution in [0.25, 0.3) is 0 Å². The fourth-order valence-corrected chi connectivity index (χ4v) is 3.78. The van der Waals surface area contributed by atoms with Crippen LogP contribution in [0.5, 0.6) is 0 Å². The van der Waals surface area contributed by atoms with E-state index in [1.54, 1.807) is 0 Å². The van der Waals surface area contributed by atoms with E-state index in [1.807, 2.05) is 13.8 Å². The van der Waals surface area contributed by atoms with Gasteiger partial charge in [0.05, 0.1) is 0 Å². The van der Waals surface area contributed by atoms with Gasteiger partial charge in [-0.3, -0.25) is 4.90 Å². The van der Waals surface area contributed by atoms with Gasteiger partial charge in [-0.15, -0.1) is 0 Å². The maximum absolute atomic E-state index is 9.23. The number of aliphatic hydroxyl groups is 1. The Labute approximate surface area is 123 Å². The Kier molecular flexibility index (Phi) is 6.27. The van der Waals surface area contributed by atoms with Crippen molar-refractivity contribution >= 4 is 0 Å². The molecule has 1 saturated heterocycles. The van der Waals surface area contributed by atoms with Crippen LogP contribution in [0, 0.1) is 5.92 Å². The molecule has 4 nitrogen and oxygen atoms in total. The van der Waals surface area contributed by atoms with Crippen LogP contribution in [-0.2, 0) is 9.47 Å². The van der Waals surface area contributed by atoms with Crippen LogP contribution in [0.3, 0.4) is 0 Å². The molecule has 1 saturated carbocycles. The van der Waals surface area contributed by atoms with Gasteiger partial charge < -0.3 is 14.6 Å². The molecular formula is C16H31NO3. The van der Waals surface area contributed by atoms with Crippen LogP contribution in [0.15, 0.2) is 0 Å². The molecule has 0 amide bonds. The number of hydrogen-bond donors (Lipinski definition) is 1. The van der Waals surface area contributed by atoms with Gasteiger partial charge in [-0.05, 0) is 45.4 Å². The first-order valence-electron chi connectivity index (χ1n) is 8.36. The van der Waals surface area contributed by atoms with E-state index < -0.39 is 0 Å². The van der Waals surface area contributed by atoms with Gasteiger partial charge in [-0.25, -0.2) is 0 Å². The number of aliphatic hydroxyl groups excluding tert-OH is 1. The normalized spacial score (nSPS) is 31.4. The number of nitrogens with zero attached hydrogens (tertiary/aromatic N) is 1. The summed E-state index contributed by atoms with van der Waals surface area (Å²) in [7, 11) is 0. The maximum Gasteiger partial charge on any atom is 0.170 e. The Hall–Kier alpha value is -0.160. The molecule has 4 heteroatoms. The molecule has 0 spiro atoms. The van der Waals surface area contributed by atoms with Crippen LogP contribution in [0.1, 0.15) is 52.4 Å². The molecule has 2 aliphatic rings. The van der Waals surface area contributed by atoms with Crippen LogP contribution in [0.2, 0.25) is 0 Å². The lowest BCUT2D eigenvalue weighted by molar-refractivity contribution is -0.255. The van der Waals surface area contributed by atoms with Gasteiger partial charge in [-0.2, -0.15) is 0 Å². The molecule has 0 aromatic carbocycles. The third-order valence-corrected chi connectivity index (χ3v) is 4.97. The van der Waals surface area contributed by atoms with Crippen molar-refractivity contribution in [1.29, 1.82) is 0 Å². The summed E-state index contributed by atoms with van der Waals surface area (Å²) in [5.74, 6) is 0.212. The van der Waals surface area contributed by atoms with Crippen molar-refractivity contribution in [3.8, 4) is 0 Å². The minimum absolute atomic E-state index is 0.331. The second-order valence-corrected chi connectivity index (χ2v) is 6.17. The van der Waals surface area contributed by atoms with Gasteiger partial charge in [0.15, 0.2) is 5.79 Å². The quantitative estimate of drug-likeness (QED) is 0.761. The second kappa shape index (κ2) is 7.74. The van der Waals surface area contributed by atoms with Gasteiger partial charge in [0.1, 0.15) is 0 Å². The van der Waals surface area contributed by atoms with E-state index in [0.29, 0.717) is 18.6 Å². The van der Waals surface area contributed by atoms with Crippen molar-refractivity contribution in [3.05, 3.63) is 0 Å². The highest BCUT2D eigenvalue weighted by atomic mass is 16.7. The Morgan fingerprint density at radius 1 is 1.00 bits per heavy atom. The van der Waals surface area contributed by atoms with Crippen LogP contribution >= 0.6 is 0 Å². The first-order valence-corrected chi connectivity index (χ1v) is 8.36. The van der Waals surface area contributed by atoms with Crippen molar-refractivity contribution in [2.75, 3.05) is 32.9 Å². The monoisotopic (exact) mass is 285 g/mol. The molecule has 2 rings (SSSR count). The minimum Gasteiger partial charge on any atom is -0.396 e. The van der Waals surface area contributed by atoms with Crippen molar-refractivity contribution in [3.63, 3.8) is 0 Å². The number of rotatable bonds is 6. The number of hydrogen-bond acceptors (Lipinski definition) is 4. The van der Waals surface area contributed by atoms with Crippen LogP contribution in [0.4, 0.5) is 0 Å². The Morgan fingerprint density at radius 3 is 2.00 bits per heavy atom. The predicted molar refractivity (Wildman–Crippen MR) is 79.6 cm³/mol. The van der Waals surface area contributed by atoms with E-state index in [-0.39, 0.29) is 5.79 Å². The van der Waals surface area contributed by atoms with Crippen molar-refractivity contribution < 1.29 is 14.6 Å². The smallest absolute Gasteiger partial charge is 0.170 e. The lowest BCUT2D eigenvalue weighted by atomic mass is 9.85. The fraction of sp³-hybridized carbons (Fsp3) is 1.00. The van der Waals surface area contributed by atoms with Crippen molar-refractivity contribution in [2.24, 2.45) is 5.92 Å².